The molecule has 202 valence electrons. The fourth-order valence-electron chi connectivity index (χ4n) is 5.07. The molecule has 1 N–H and O–H groups in total. The van der Waals surface area contributed by atoms with E-state index in [0.29, 0.717) is 28.9 Å². The maximum absolute atomic E-state index is 12.7. The molecule has 1 fully saturated rings. The minimum absolute atomic E-state index is 0.157. The van der Waals surface area contributed by atoms with Gasteiger partial charge in [-0.1, -0.05) is 30.2 Å². The quantitative estimate of drug-likeness (QED) is 0.255. The van der Waals surface area contributed by atoms with Crippen molar-refractivity contribution >= 4 is 51.7 Å². The zero-order valence-corrected chi connectivity index (χ0v) is 22.7. The van der Waals surface area contributed by atoms with Crippen molar-refractivity contribution in [3.63, 3.8) is 0 Å². The predicted molar refractivity (Wildman–Crippen MR) is 159 cm³/mol. The molecule has 1 amide bonds. The molecule has 0 saturated carbocycles. The van der Waals surface area contributed by atoms with Crippen molar-refractivity contribution in [2.24, 2.45) is 0 Å². The van der Waals surface area contributed by atoms with E-state index in [4.69, 9.17) is 16.3 Å². The van der Waals surface area contributed by atoms with Crippen molar-refractivity contribution in [3.05, 3.63) is 95.7 Å². The Balaban J connectivity index is 1.21. The summed E-state index contributed by atoms with van der Waals surface area (Å²) in [6.07, 6.45) is 14.5. The molecule has 9 heteroatoms. The number of likely N-dealkylation sites (tertiary alicyclic amines) is 1. The van der Waals surface area contributed by atoms with E-state index in [9.17, 15) is 4.79 Å². The van der Waals surface area contributed by atoms with Gasteiger partial charge in [0.1, 0.15) is 24.5 Å². The van der Waals surface area contributed by atoms with Crippen LogP contribution in [-0.2, 0) is 11.4 Å². The Bertz CT molecular complexity index is 1580. The van der Waals surface area contributed by atoms with Crippen molar-refractivity contribution in [1.29, 1.82) is 0 Å². The van der Waals surface area contributed by atoms with Crippen molar-refractivity contribution in [1.82, 2.24) is 19.9 Å². The summed E-state index contributed by atoms with van der Waals surface area (Å²) in [5.41, 5.74) is 4.01. The van der Waals surface area contributed by atoms with Crippen LogP contribution in [0, 0.1) is 0 Å². The molecule has 8 nitrogen and oxygen atoms in total. The summed E-state index contributed by atoms with van der Waals surface area (Å²) in [5.74, 6) is 1.12. The number of anilines is 3. The lowest BCUT2D eigenvalue weighted by Crippen LogP contribution is -2.29. The third kappa shape index (κ3) is 5.68. The highest BCUT2D eigenvalue weighted by atomic mass is 35.5. The number of carbonyl (C=O) groups excluding carboxylic acids is 1. The Labute approximate surface area is 238 Å². The Morgan fingerprint density at radius 1 is 1.05 bits per heavy atom. The third-order valence-electron chi connectivity index (χ3n) is 7.08. The van der Waals surface area contributed by atoms with Gasteiger partial charge < -0.3 is 15.0 Å². The van der Waals surface area contributed by atoms with Crippen LogP contribution in [0.25, 0.3) is 17.0 Å². The second-order valence-corrected chi connectivity index (χ2v) is 10.2. The maximum atomic E-state index is 12.7. The summed E-state index contributed by atoms with van der Waals surface area (Å²) >= 11 is 6.61. The molecule has 0 spiro atoms. The standard InChI is InChI=1S/C31H29ClN6O2/c32-25-19-23(9-12-28(25)40-20-22-7-2-3-14-33-22)38-18-13-24-26(10-11-27-30(24)31(38)35-21-34-27)36-29(39)8-6-17-37-15-4-1-5-16-37/h2-3,6-14,18-19,21H,1,4-5,15-17,20H2,(H,36,39)/b8-6+. The SMILES string of the molecule is O=C(/C=C/CN1CCCCC1)Nc1ccc2ncnc3c2c1C=CN3c1ccc(OCc2ccccn2)c(Cl)c1. The average molecular weight is 553 g/mol. The van der Waals surface area contributed by atoms with Crippen LogP contribution in [0.2, 0.25) is 5.02 Å². The Hall–Kier alpha value is -4.27. The number of aromatic nitrogens is 3. The molecule has 0 atom stereocenters. The van der Waals surface area contributed by atoms with Crippen LogP contribution in [0.1, 0.15) is 30.5 Å². The number of rotatable bonds is 8. The van der Waals surface area contributed by atoms with Gasteiger partial charge in [0, 0.05) is 42.0 Å². The number of benzene rings is 2. The second kappa shape index (κ2) is 11.9. The average Bonchev–Trinajstić information content (AvgIpc) is 2.99. The number of carbonyl (C=O) groups is 1. The number of hydrogen-bond acceptors (Lipinski definition) is 7. The van der Waals surface area contributed by atoms with Gasteiger partial charge in [-0.2, -0.15) is 0 Å². The van der Waals surface area contributed by atoms with E-state index in [1.807, 2.05) is 71.8 Å². The van der Waals surface area contributed by atoms with Gasteiger partial charge in [-0.25, -0.2) is 9.97 Å². The molecular formula is C31H29ClN6O2. The molecule has 0 aliphatic carbocycles. The number of nitrogens with one attached hydrogen (secondary N) is 1. The fraction of sp³-hybridized carbons (Fsp3) is 0.226. The number of halogens is 1. The van der Waals surface area contributed by atoms with Gasteiger partial charge in [0.25, 0.3) is 0 Å². The van der Waals surface area contributed by atoms with Crippen LogP contribution in [-0.4, -0.2) is 45.4 Å². The van der Waals surface area contributed by atoms with E-state index >= 15 is 0 Å². The predicted octanol–water partition coefficient (Wildman–Crippen LogP) is 6.36. The third-order valence-corrected chi connectivity index (χ3v) is 7.37. The van der Waals surface area contributed by atoms with Gasteiger partial charge in [0.15, 0.2) is 0 Å². The van der Waals surface area contributed by atoms with Gasteiger partial charge in [0.05, 0.1) is 21.6 Å². The van der Waals surface area contributed by atoms with E-state index in [1.165, 1.54) is 19.3 Å². The van der Waals surface area contributed by atoms with Gasteiger partial charge >= 0.3 is 0 Å². The topological polar surface area (TPSA) is 83.5 Å². The van der Waals surface area contributed by atoms with Gasteiger partial charge in [-0.15, -0.1) is 0 Å². The highest BCUT2D eigenvalue weighted by molar-refractivity contribution is 6.32. The molecule has 40 heavy (non-hydrogen) atoms. The molecule has 1 saturated heterocycles. The Morgan fingerprint density at radius 3 is 2.77 bits per heavy atom. The molecule has 4 heterocycles. The molecule has 2 aliphatic heterocycles. The lowest BCUT2D eigenvalue weighted by molar-refractivity contribution is -0.111. The summed E-state index contributed by atoms with van der Waals surface area (Å²) in [4.78, 5) is 30.4. The van der Waals surface area contributed by atoms with Crippen LogP contribution >= 0.6 is 11.6 Å². The fourth-order valence-corrected chi connectivity index (χ4v) is 5.30. The summed E-state index contributed by atoms with van der Waals surface area (Å²) in [6, 6.07) is 15.1. The largest absolute Gasteiger partial charge is 0.486 e. The molecule has 2 aliphatic rings. The smallest absolute Gasteiger partial charge is 0.248 e. The van der Waals surface area contributed by atoms with Crippen LogP contribution in [0.4, 0.5) is 17.2 Å². The Kier molecular flexibility index (Phi) is 7.70. The number of pyridine rings is 1. The highest BCUT2D eigenvalue weighted by Crippen LogP contribution is 2.41. The summed E-state index contributed by atoms with van der Waals surface area (Å²) in [5, 5.41) is 4.37. The van der Waals surface area contributed by atoms with E-state index in [-0.39, 0.29) is 5.91 Å². The van der Waals surface area contributed by atoms with Gasteiger partial charge in [0.2, 0.25) is 5.91 Å². The normalized spacial score (nSPS) is 15.1. The first-order valence-electron chi connectivity index (χ1n) is 13.4. The zero-order valence-electron chi connectivity index (χ0n) is 22.0. The second-order valence-electron chi connectivity index (χ2n) is 9.78. The number of ether oxygens (including phenoxy) is 1. The molecule has 2 aromatic carbocycles. The van der Waals surface area contributed by atoms with Crippen molar-refractivity contribution in [2.45, 2.75) is 25.9 Å². The first-order valence-corrected chi connectivity index (χ1v) is 13.8. The minimum atomic E-state index is -0.157. The molecule has 2 aromatic heterocycles. The molecule has 6 rings (SSSR count). The molecule has 4 aromatic rings. The minimum Gasteiger partial charge on any atom is -0.486 e. The van der Waals surface area contributed by atoms with Crippen molar-refractivity contribution < 1.29 is 9.53 Å². The summed E-state index contributed by atoms with van der Waals surface area (Å²) in [7, 11) is 0. The lowest BCUT2D eigenvalue weighted by Gasteiger charge is -2.26. The number of amides is 1. The van der Waals surface area contributed by atoms with Gasteiger partial charge in [-0.05, 0) is 74.5 Å². The first-order chi connectivity index (χ1) is 19.7. The lowest BCUT2D eigenvalue weighted by atomic mass is 10.0. The number of piperidine rings is 1. The first kappa shape index (κ1) is 26.0. The number of nitrogens with zero attached hydrogens (tertiary/aromatic N) is 5. The van der Waals surface area contributed by atoms with Crippen LogP contribution in [0.15, 0.2) is 79.4 Å². The molecule has 0 radical (unpaired) electrons. The van der Waals surface area contributed by atoms with Gasteiger partial charge in [-0.3, -0.25) is 14.7 Å². The van der Waals surface area contributed by atoms with E-state index in [1.54, 1.807) is 18.6 Å². The molecule has 0 bridgehead atoms. The van der Waals surface area contributed by atoms with Crippen LogP contribution < -0.4 is 15.0 Å². The zero-order chi connectivity index (χ0) is 27.3. The van der Waals surface area contributed by atoms with E-state index in [0.717, 1.165) is 47.5 Å². The summed E-state index contributed by atoms with van der Waals surface area (Å²) < 4.78 is 5.89. The highest BCUT2D eigenvalue weighted by Gasteiger charge is 2.22. The Morgan fingerprint density at radius 2 is 1.95 bits per heavy atom. The van der Waals surface area contributed by atoms with E-state index in [2.05, 4.69) is 25.2 Å². The van der Waals surface area contributed by atoms with Crippen molar-refractivity contribution in [2.75, 3.05) is 29.9 Å². The monoisotopic (exact) mass is 552 g/mol. The van der Waals surface area contributed by atoms with Crippen LogP contribution in [0.5, 0.6) is 5.75 Å². The van der Waals surface area contributed by atoms with Crippen LogP contribution in [0.3, 0.4) is 0 Å². The number of hydrogen-bond donors (Lipinski definition) is 1. The molecule has 0 unspecified atom stereocenters. The van der Waals surface area contributed by atoms with Crippen molar-refractivity contribution in [3.8, 4) is 5.75 Å². The maximum Gasteiger partial charge on any atom is 0.248 e. The summed E-state index contributed by atoms with van der Waals surface area (Å²) in [6.45, 7) is 3.31. The molecular weight excluding hydrogens is 524 g/mol. The van der Waals surface area contributed by atoms with E-state index < -0.39 is 0 Å².